The van der Waals surface area contributed by atoms with Gasteiger partial charge in [0.15, 0.2) is 5.82 Å². The summed E-state index contributed by atoms with van der Waals surface area (Å²) >= 11 is 1.83. The fourth-order valence-corrected chi connectivity index (χ4v) is 3.58. The highest BCUT2D eigenvalue weighted by molar-refractivity contribution is 7.09. The van der Waals surface area contributed by atoms with Gasteiger partial charge in [-0.2, -0.15) is 5.10 Å². The van der Waals surface area contributed by atoms with Crippen LogP contribution in [0.25, 0.3) is 0 Å². The first-order chi connectivity index (χ1) is 10.3. The predicted octanol–water partition coefficient (Wildman–Crippen LogP) is 2.43. The predicted molar refractivity (Wildman–Crippen MR) is 83.5 cm³/mol. The molecule has 0 bridgehead atoms. The Morgan fingerprint density at radius 3 is 3.29 bits per heavy atom. The molecule has 5 nitrogen and oxygen atoms in total. The molecule has 1 aliphatic rings. The van der Waals surface area contributed by atoms with Gasteiger partial charge in [0.2, 0.25) is 0 Å². The summed E-state index contributed by atoms with van der Waals surface area (Å²) in [6.07, 6.45) is 3.20. The molecular formula is C15H22N4OS. The van der Waals surface area contributed by atoms with Crippen molar-refractivity contribution in [2.45, 2.75) is 31.7 Å². The zero-order valence-corrected chi connectivity index (χ0v) is 13.2. The van der Waals surface area contributed by atoms with E-state index in [1.165, 1.54) is 24.3 Å². The maximum absolute atomic E-state index is 5.08. The number of piperidine rings is 1. The molecule has 0 aromatic carbocycles. The first-order valence-corrected chi connectivity index (χ1v) is 8.38. The highest BCUT2D eigenvalue weighted by Gasteiger charge is 2.24. The Labute approximate surface area is 129 Å². The zero-order valence-electron chi connectivity index (χ0n) is 12.4. The minimum atomic E-state index is 0.450. The first kappa shape index (κ1) is 14.7. The fourth-order valence-electron chi connectivity index (χ4n) is 2.84. The van der Waals surface area contributed by atoms with Crippen LogP contribution in [0.2, 0.25) is 0 Å². The van der Waals surface area contributed by atoms with E-state index in [4.69, 9.17) is 4.74 Å². The van der Waals surface area contributed by atoms with Gasteiger partial charge in [0.25, 0.3) is 0 Å². The van der Waals surface area contributed by atoms with Crippen LogP contribution < -0.4 is 0 Å². The maximum atomic E-state index is 5.08. The summed E-state index contributed by atoms with van der Waals surface area (Å²) < 4.78 is 5.08. The molecule has 114 valence electrons. The van der Waals surface area contributed by atoms with Crippen LogP contribution in [0.5, 0.6) is 0 Å². The summed E-state index contributed by atoms with van der Waals surface area (Å²) in [5.74, 6) is 2.35. The van der Waals surface area contributed by atoms with Crippen LogP contribution in [0.15, 0.2) is 17.5 Å². The Morgan fingerprint density at radius 1 is 1.52 bits per heavy atom. The lowest BCUT2D eigenvalue weighted by Crippen LogP contribution is -2.34. The number of H-pyrrole nitrogens is 1. The van der Waals surface area contributed by atoms with Crippen LogP contribution in [0.1, 0.15) is 35.3 Å². The van der Waals surface area contributed by atoms with E-state index in [-0.39, 0.29) is 0 Å². The summed E-state index contributed by atoms with van der Waals surface area (Å²) in [6, 6.07) is 4.34. The van der Waals surface area contributed by atoms with Crippen molar-refractivity contribution in [2.24, 2.45) is 0 Å². The van der Waals surface area contributed by atoms with Gasteiger partial charge in [0.1, 0.15) is 5.82 Å². The van der Waals surface area contributed by atoms with Gasteiger partial charge in [0, 0.05) is 37.4 Å². The lowest BCUT2D eigenvalue weighted by molar-refractivity contribution is 0.197. The molecule has 3 heterocycles. The van der Waals surface area contributed by atoms with E-state index >= 15 is 0 Å². The molecule has 1 N–H and O–H groups in total. The number of ether oxygens (including phenoxy) is 1. The summed E-state index contributed by atoms with van der Waals surface area (Å²) in [5, 5.41) is 9.60. The minimum Gasteiger partial charge on any atom is -0.384 e. The fraction of sp³-hybridized carbons (Fsp3) is 0.600. The standard InChI is InChI=1S/C15H22N4OS/c1-20-8-6-14-16-15(18-17-14)12-4-2-7-19(10-12)11-13-5-3-9-21-13/h3,5,9,12H,2,4,6-8,10-11H2,1H3,(H,16,17,18). The number of aromatic nitrogens is 3. The topological polar surface area (TPSA) is 54.0 Å². The van der Waals surface area contributed by atoms with Gasteiger partial charge in [-0.1, -0.05) is 6.07 Å². The normalized spacial score (nSPS) is 20.0. The van der Waals surface area contributed by atoms with Crippen LogP contribution in [0.3, 0.4) is 0 Å². The molecule has 2 aromatic rings. The molecule has 0 amide bonds. The van der Waals surface area contributed by atoms with Gasteiger partial charge in [-0.15, -0.1) is 11.3 Å². The number of hydrogen-bond acceptors (Lipinski definition) is 5. The molecule has 1 unspecified atom stereocenters. The van der Waals surface area contributed by atoms with Crippen molar-refractivity contribution in [2.75, 3.05) is 26.8 Å². The highest BCUT2D eigenvalue weighted by atomic mass is 32.1. The summed E-state index contributed by atoms with van der Waals surface area (Å²) in [6.45, 7) is 3.97. The van der Waals surface area contributed by atoms with E-state index in [1.54, 1.807) is 7.11 Å². The molecule has 1 saturated heterocycles. The third kappa shape index (κ3) is 3.90. The molecule has 0 aliphatic carbocycles. The van der Waals surface area contributed by atoms with E-state index < -0.39 is 0 Å². The van der Waals surface area contributed by atoms with Crippen molar-refractivity contribution in [1.82, 2.24) is 20.1 Å². The summed E-state index contributed by atoms with van der Waals surface area (Å²) in [4.78, 5) is 8.59. The quantitative estimate of drug-likeness (QED) is 0.890. The summed E-state index contributed by atoms with van der Waals surface area (Å²) in [7, 11) is 1.71. The Bertz CT molecular complexity index is 540. The molecule has 0 spiro atoms. The number of methoxy groups -OCH3 is 1. The molecular weight excluding hydrogens is 284 g/mol. The van der Waals surface area contributed by atoms with Gasteiger partial charge >= 0.3 is 0 Å². The number of aromatic amines is 1. The van der Waals surface area contributed by atoms with Crippen molar-refractivity contribution in [1.29, 1.82) is 0 Å². The van der Waals surface area contributed by atoms with Gasteiger partial charge in [-0.05, 0) is 30.8 Å². The number of hydrogen-bond donors (Lipinski definition) is 1. The number of thiophene rings is 1. The largest absolute Gasteiger partial charge is 0.384 e. The van der Waals surface area contributed by atoms with E-state index in [0.29, 0.717) is 12.5 Å². The number of likely N-dealkylation sites (tertiary alicyclic amines) is 1. The van der Waals surface area contributed by atoms with Crippen LogP contribution in [-0.4, -0.2) is 46.9 Å². The molecule has 21 heavy (non-hydrogen) atoms. The SMILES string of the molecule is COCCc1nc(C2CCCN(Cc3cccs3)C2)n[nH]1. The van der Waals surface area contributed by atoms with E-state index in [0.717, 1.165) is 31.2 Å². The van der Waals surface area contributed by atoms with Crippen molar-refractivity contribution < 1.29 is 4.74 Å². The monoisotopic (exact) mass is 306 g/mol. The Morgan fingerprint density at radius 2 is 2.48 bits per heavy atom. The minimum absolute atomic E-state index is 0.450. The third-order valence-electron chi connectivity index (χ3n) is 3.92. The number of nitrogens with zero attached hydrogens (tertiary/aromatic N) is 3. The molecule has 3 rings (SSSR count). The smallest absolute Gasteiger partial charge is 0.155 e. The van der Waals surface area contributed by atoms with Crippen molar-refractivity contribution in [3.05, 3.63) is 34.0 Å². The summed E-state index contributed by atoms with van der Waals surface area (Å²) in [5.41, 5.74) is 0. The maximum Gasteiger partial charge on any atom is 0.155 e. The molecule has 1 aliphatic heterocycles. The second-order valence-electron chi connectivity index (χ2n) is 5.54. The van der Waals surface area contributed by atoms with Crippen molar-refractivity contribution in [3.63, 3.8) is 0 Å². The van der Waals surface area contributed by atoms with E-state index in [2.05, 4.69) is 37.6 Å². The number of nitrogens with one attached hydrogen (secondary N) is 1. The van der Waals surface area contributed by atoms with E-state index in [9.17, 15) is 0 Å². The van der Waals surface area contributed by atoms with Crippen molar-refractivity contribution in [3.8, 4) is 0 Å². The molecule has 0 saturated carbocycles. The van der Waals surface area contributed by atoms with Crippen LogP contribution in [-0.2, 0) is 17.7 Å². The van der Waals surface area contributed by atoms with Crippen LogP contribution >= 0.6 is 11.3 Å². The van der Waals surface area contributed by atoms with E-state index in [1.807, 2.05) is 11.3 Å². The first-order valence-electron chi connectivity index (χ1n) is 7.50. The third-order valence-corrected chi connectivity index (χ3v) is 4.78. The second kappa shape index (κ2) is 7.15. The van der Waals surface area contributed by atoms with Gasteiger partial charge < -0.3 is 4.74 Å². The molecule has 6 heteroatoms. The molecule has 2 aromatic heterocycles. The van der Waals surface area contributed by atoms with Crippen molar-refractivity contribution >= 4 is 11.3 Å². The highest BCUT2D eigenvalue weighted by Crippen LogP contribution is 2.26. The second-order valence-corrected chi connectivity index (χ2v) is 6.57. The average Bonchev–Trinajstić information content (AvgIpc) is 3.17. The van der Waals surface area contributed by atoms with Crippen LogP contribution in [0.4, 0.5) is 0 Å². The number of rotatable bonds is 6. The lowest BCUT2D eigenvalue weighted by atomic mass is 9.97. The molecule has 0 radical (unpaired) electrons. The Hall–Kier alpha value is -1.24. The van der Waals surface area contributed by atoms with Gasteiger partial charge in [-0.25, -0.2) is 4.98 Å². The zero-order chi connectivity index (χ0) is 14.5. The Kier molecular flexibility index (Phi) is 5.00. The molecule has 1 fully saturated rings. The van der Waals surface area contributed by atoms with Gasteiger partial charge in [0.05, 0.1) is 6.61 Å². The molecule has 1 atom stereocenters. The average molecular weight is 306 g/mol. The Balaban J connectivity index is 1.58. The van der Waals surface area contributed by atoms with Gasteiger partial charge in [-0.3, -0.25) is 10.00 Å². The van der Waals surface area contributed by atoms with Crippen LogP contribution in [0, 0.1) is 0 Å². The lowest BCUT2D eigenvalue weighted by Gasteiger charge is -2.30.